The summed E-state index contributed by atoms with van der Waals surface area (Å²) in [4.78, 5) is 0. The first-order chi connectivity index (χ1) is 7.86. The lowest BCUT2D eigenvalue weighted by Crippen LogP contribution is -1.82. The van der Waals surface area contributed by atoms with Crippen LogP contribution in [0.15, 0.2) is 57.7 Å². The molecule has 3 heteroatoms. The van der Waals surface area contributed by atoms with E-state index in [4.69, 9.17) is 4.52 Å². The average molecular weight is 274 g/mol. The molecule has 16 heavy (non-hydrogen) atoms. The van der Waals surface area contributed by atoms with Crippen LogP contribution in [0.1, 0.15) is 0 Å². The summed E-state index contributed by atoms with van der Waals surface area (Å²) in [5.41, 5.74) is 1.95. The molecular formula is C13H8BrNO. The summed E-state index contributed by atoms with van der Waals surface area (Å²) >= 11 is 3.55. The minimum absolute atomic E-state index is 0.865. The second kappa shape index (κ2) is 3.76. The van der Waals surface area contributed by atoms with Crippen LogP contribution >= 0.6 is 15.9 Å². The third-order valence-electron chi connectivity index (χ3n) is 2.58. The van der Waals surface area contributed by atoms with Gasteiger partial charge < -0.3 is 4.52 Å². The van der Waals surface area contributed by atoms with Crippen molar-refractivity contribution in [2.24, 2.45) is 0 Å². The molecule has 0 amide bonds. The molecule has 0 aliphatic heterocycles. The minimum atomic E-state index is 0.865. The molecule has 0 spiro atoms. The number of rotatable bonds is 1. The molecule has 1 aromatic heterocycles. The highest BCUT2D eigenvalue weighted by Gasteiger charge is 2.07. The van der Waals surface area contributed by atoms with Crippen LogP contribution in [-0.2, 0) is 0 Å². The van der Waals surface area contributed by atoms with Crippen molar-refractivity contribution >= 4 is 26.7 Å². The Morgan fingerprint density at radius 2 is 1.75 bits per heavy atom. The molecule has 0 bridgehead atoms. The lowest BCUT2D eigenvalue weighted by Gasteiger charge is -2.05. The number of nitrogens with zero attached hydrogens (tertiary/aromatic N) is 1. The van der Waals surface area contributed by atoms with E-state index >= 15 is 0 Å². The lowest BCUT2D eigenvalue weighted by molar-refractivity contribution is 0.422. The summed E-state index contributed by atoms with van der Waals surface area (Å²) in [5, 5.41) is 6.33. The Morgan fingerprint density at radius 1 is 0.938 bits per heavy atom. The van der Waals surface area contributed by atoms with Crippen molar-refractivity contribution in [1.29, 1.82) is 0 Å². The van der Waals surface area contributed by atoms with E-state index in [1.807, 2.05) is 30.3 Å². The van der Waals surface area contributed by atoms with E-state index in [1.165, 1.54) is 10.8 Å². The van der Waals surface area contributed by atoms with Gasteiger partial charge in [0.05, 0.1) is 0 Å². The Morgan fingerprint density at radius 3 is 2.50 bits per heavy atom. The van der Waals surface area contributed by atoms with Crippen LogP contribution in [0.2, 0.25) is 0 Å². The number of hydrogen-bond donors (Lipinski definition) is 0. The Bertz CT molecular complexity index is 631. The highest BCUT2D eigenvalue weighted by atomic mass is 79.9. The summed E-state index contributed by atoms with van der Waals surface area (Å²) < 4.78 is 5.98. The fraction of sp³-hybridized carbons (Fsp3) is 0. The van der Waals surface area contributed by atoms with Gasteiger partial charge in [0.1, 0.15) is 12.0 Å². The largest absolute Gasteiger partial charge is 0.364 e. The predicted molar refractivity (Wildman–Crippen MR) is 67.1 cm³/mol. The monoisotopic (exact) mass is 273 g/mol. The molecule has 3 aromatic rings. The van der Waals surface area contributed by atoms with Gasteiger partial charge in [-0.2, -0.15) is 0 Å². The van der Waals surface area contributed by atoms with Crippen molar-refractivity contribution in [3.8, 4) is 11.3 Å². The van der Waals surface area contributed by atoms with Crippen LogP contribution in [0.25, 0.3) is 22.0 Å². The van der Waals surface area contributed by atoms with Crippen molar-refractivity contribution in [2.45, 2.75) is 0 Å². The SMILES string of the molecule is Brc1ccc(-c2ccon2)c2ccccc12. The van der Waals surface area contributed by atoms with Gasteiger partial charge in [-0.05, 0) is 16.8 Å². The molecule has 3 rings (SSSR count). The van der Waals surface area contributed by atoms with E-state index in [-0.39, 0.29) is 0 Å². The van der Waals surface area contributed by atoms with E-state index in [1.54, 1.807) is 6.26 Å². The maximum absolute atomic E-state index is 4.89. The van der Waals surface area contributed by atoms with E-state index in [0.717, 1.165) is 15.7 Å². The Hall–Kier alpha value is -1.61. The zero-order valence-electron chi connectivity index (χ0n) is 8.35. The van der Waals surface area contributed by atoms with Gasteiger partial charge in [-0.3, -0.25) is 0 Å². The lowest BCUT2D eigenvalue weighted by atomic mass is 10.0. The molecule has 0 aliphatic carbocycles. The normalized spacial score (nSPS) is 10.8. The third-order valence-corrected chi connectivity index (χ3v) is 3.28. The van der Waals surface area contributed by atoms with Crippen LogP contribution in [0.4, 0.5) is 0 Å². The first-order valence-corrected chi connectivity index (χ1v) is 5.73. The van der Waals surface area contributed by atoms with Crippen LogP contribution in [0, 0.1) is 0 Å². The topological polar surface area (TPSA) is 26.0 Å². The van der Waals surface area contributed by atoms with Gasteiger partial charge in [0.2, 0.25) is 0 Å². The Kier molecular flexibility index (Phi) is 2.26. The minimum Gasteiger partial charge on any atom is -0.364 e. The summed E-state index contributed by atoms with van der Waals surface area (Å²) in [6.45, 7) is 0. The summed E-state index contributed by atoms with van der Waals surface area (Å²) in [6, 6.07) is 14.2. The number of aromatic nitrogens is 1. The van der Waals surface area contributed by atoms with E-state index in [9.17, 15) is 0 Å². The van der Waals surface area contributed by atoms with E-state index < -0.39 is 0 Å². The molecule has 0 aliphatic rings. The van der Waals surface area contributed by atoms with Crippen LogP contribution in [0.5, 0.6) is 0 Å². The Labute approximate surface area is 101 Å². The molecule has 0 radical (unpaired) electrons. The van der Waals surface area contributed by atoms with Crippen molar-refractivity contribution in [3.05, 3.63) is 53.2 Å². The van der Waals surface area contributed by atoms with Crippen molar-refractivity contribution in [3.63, 3.8) is 0 Å². The summed E-state index contributed by atoms with van der Waals surface area (Å²) in [7, 11) is 0. The fourth-order valence-corrected chi connectivity index (χ4v) is 2.32. The van der Waals surface area contributed by atoms with Gasteiger partial charge in [-0.15, -0.1) is 0 Å². The predicted octanol–water partition coefficient (Wildman–Crippen LogP) is 4.26. The Balaban J connectivity index is 2.39. The first kappa shape index (κ1) is 9.60. The van der Waals surface area contributed by atoms with Gasteiger partial charge in [-0.25, -0.2) is 0 Å². The molecule has 78 valence electrons. The molecular weight excluding hydrogens is 266 g/mol. The zero-order valence-corrected chi connectivity index (χ0v) is 9.94. The molecule has 0 N–H and O–H groups in total. The smallest absolute Gasteiger partial charge is 0.124 e. The van der Waals surface area contributed by atoms with Crippen LogP contribution in [0.3, 0.4) is 0 Å². The maximum atomic E-state index is 4.89. The van der Waals surface area contributed by atoms with E-state index in [0.29, 0.717) is 0 Å². The van der Waals surface area contributed by atoms with Crippen molar-refractivity contribution in [1.82, 2.24) is 5.16 Å². The number of halogens is 1. The number of fused-ring (bicyclic) bond motifs is 1. The van der Waals surface area contributed by atoms with Gasteiger partial charge in [0.25, 0.3) is 0 Å². The van der Waals surface area contributed by atoms with Gasteiger partial charge >= 0.3 is 0 Å². The number of hydrogen-bond acceptors (Lipinski definition) is 2. The highest BCUT2D eigenvalue weighted by Crippen LogP contribution is 2.32. The fourth-order valence-electron chi connectivity index (χ4n) is 1.84. The molecule has 2 nitrogen and oxygen atoms in total. The second-order valence-corrected chi connectivity index (χ2v) is 4.38. The molecule has 0 saturated heterocycles. The molecule has 0 atom stereocenters. The molecule has 1 heterocycles. The van der Waals surface area contributed by atoms with Crippen LogP contribution in [-0.4, -0.2) is 5.16 Å². The quantitative estimate of drug-likeness (QED) is 0.662. The zero-order chi connectivity index (χ0) is 11.0. The van der Waals surface area contributed by atoms with Crippen LogP contribution < -0.4 is 0 Å². The van der Waals surface area contributed by atoms with Crippen molar-refractivity contribution < 1.29 is 4.52 Å². The van der Waals surface area contributed by atoms with Gasteiger partial charge in [-0.1, -0.05) is 51.4 Å². The molecule has 0 unspecified atom stereocenters. The third kappa shape index (κ3) is 1.44. The molecule has 2 aromatic carbocycles. The van der Waals surface area contributed by atoms with Crippen molar-refractivity contribution in [2.75, 3.05) is 0 Å². The summed E-state index contributed by atoms with van der Waals surface area (Å²) in [5.74, 6) is 0. The highest BCUT2D eigenvalue weighted by molar-refractivity contribution is 9.10. The van der Waals surface area contributed by atoms with Gasteiger partial charge in [0.15, 0.2) is 0 Å². The standard InChI is InChI=1S/C13H8BrNO/c14-12-6-5-11(13-7-8-16-15-13)9-3-1-2-4-10(9)12/h1-8H. The maximum Gasteiger partial charge on any atom is 0.124 e. The first-order valence-electron chi connectivity index (χ1n) is 4.94. The van der Waals surface area contributed by atoms with E-state index in [2.05, 4.69) is 33.2 Å². The molecule has 0 saturated carbocycles. The second-order valence-electron chi connectivity index (χ2n) is 3.53. The average Bonchev–Trinajstić information content (AvgIpc) is 2.83. The number of benzene rings is 2. The van der Waals surface area contributed by atoms with Gasteiger partial charge in [0, 0.05) is 16.1 Å². The summed E-state index contributed by atoms with van der Waals surface area (Å²) in [6.07, 6.45) is 1.59. The molecule has 0 fully saturated rings.